The number of carboxylic acids is 2. The van der Waals surface area contributed by atoms with Crippen LogP contribution in [0.25, 0.3) is 0 Å². The first-order chi connectivity index (χ1) is 14.9. The Morgan fingerprint density at radius 2 is 1.74 bits per heavy atom. The van der Waals surface area contributed by atoms with E-state index in [-0.39, 0.29) is 17.3 Å². The van der Waals surface area contributed by atoms with Crippen molar-refractivity contribution in [2.75, 3.05) is 11.5 Å². The van der Waals surface area contributed by atoms with Gasteiger partial charge >= 0.3 is 11.9 Å². The molecule has 3 atom stereocenters. The number of aliphatic carboxylic acids is 2. The number of carbonyl (C=O) groups is 3. The first-order valence-electron chi connectivity index (χ1n) is 9.70. The Balaban J connectivity index is 1.69. The zero-order chi connectivity index (χ0) is 22.4. The summed E-state index contributed by atoms with van der Waals surface area (Å²) in [6.07, 6.45) is 0.925. The standard InChI is InChI=1S/C22H23NO6S2/c24-17-9-5-4-8-15(17)20-23(16(12-31-20)21(26)27)19(25)13-30-18(22(28)29)11-10-14-6-2-1-3-7-14/h1-9,16,18,20,24H,10-13H2,(H,26,27)(H,28,29)/t16-,18?,20?/m0/s1. The van der Waals surface area contributed by atoms with Gasteiger partial charge in [-0.2, -0.15) is 0 Å². The minimum absolute atomic E-state index is 0.0113. The van der Waals surface area contributed by atoms with E-state index in [0.29, 0.717) is 18.4 Å². The van der Waals surface area contributed by atoms with Crippen molar-refractivity contribution in [3.05, 3.63) is 65.7 Å². The van der Waals surface area contributed by atoms with Crippen molar-refractivity contribution in [3.63, 3.8) is 0 Å². The third kappa shape index (κ3) is 5.74. The normalized spacial score (nSPS) is 19.2. The minimum Gasteiger partial charge on any atom is -0.508 e. The molecule has 1 amide bonds. The summed E-state index contributed by atoms with van der Waals surface area (Å²) >= 11 is 2.27. The second-order valence-electron chi connectivity index (χ2n) is 7.06. The number of aromatic hydroxyl groups is 1. The number of benzene rings is 2. The SMILES string of the molecule is O=C(O)C(CCc1ccccc1)SCC(=O)N1C(c2ccccc2O)SC[C@H]1C(=O)O. The summed E-state index contributed by atoms with van der Waals surface area (Å²) in [4.78, 5) is 37.7. The monoisotopic (exact) mass is 461 g/mol. The Labute approximate surface area is 188 Å². The Kier molecular flexibility index (Phi) is 7.86. The van der Waals surface area contributed by atoms with Crippen molar-refractivity contribution in [2.24, 2.45) is 0 Å². The van der Waals surface area contributed by atoms with Crippen LogP contribution in [0.5, 0.6) is 5.75 Å². The summed E-state index contributed by atoms with van der Waals surface area (Å²) in [7, 11) is 0. The van der Waals surface area contributed by atoms with Gasteiger partial charge in [-0.1, -0.05) is 48.5 Å². The number of thioether (sulfide) groups is 2. The van der Waals surface area contributed by atoms with Gasteiger partial charge in [0.05, 0.1) is 5.75 Å². The third-order valence-electron chi connectivity index (χ3n) is 5.00. The molecule has 2 aromatic carbocycles. The number of para-hydroxylation sites is 1. The highest BCUT2D eigenvalue weighted by Gasteiger charge is 2.43. The molecule has 0 aromatic heterocycles. The summed E-state index contributed by atoms with van der Waals surface area (Å²) in [5.74, 6) is -2.55. The first-order valence-corrected chi connectivity index (χ1v) is 11.8. The molecule has 2 unspecified atom stereocenters. The molecule has 9 heteroatoms. The molecule has 7 nitrogen and oxygen atoms in total. The lowest BCUT2D eigenvalue weighted by Crippen LogP contribution is -2.44. The Hall–Kier alpha value is -2.65. The van der Waals surface area contributed by atoms with E-state index in [2.05, 4.69) is 0 Å². The number of carboxylic acid groups (broad SMARTS) is 2. The number of rotatable bonds is 9. The van der Waals surface area contributed by atoms with Crippen LogP contribution in [0.1, 0.15) is 22.9 Å². The summed E-state index contributed by atoms with van der Waals surface area (Å²) < 4.78 is 0. The smallest absolute Gasteiger partial charge is 0.327 e. The summed E-state index contributed by atoms with van der Waals surface area (Å²) in [5.41, 5.74) is 1.48. The van der Waals surface area contributed by atoms with E-state index in [0.717, 1.165) is 17.3 Å². The number of carbonyl (C=O) groups excluding carboxylic acids is 1. The lowest BCUT2D eigenvalue weighted by Gasteiger charge is -2.28. The maximum atomic E-state index is 13.0. The minimum atomic E-state index is -1.12. The molecule has 1 aliphatic rings. The van der Waals surface area contributed by atoms with E-state index in [9.17, 15) is 29.7 Å². The topological polar surface area (TPSA) is 115 Å². The zero-order valence-corrected chi connectivity index (χ0v) is 18.2. The van der Waals surface area contributed by atoms with Crippen molar-refractivity contribution in [2.45, 2.75) is 29.5 Å². The highest BCUT2D eigenvalue weighted by molar-refractivity contribution is 8.01. The predicted molar refractivity (Wildman–Crippen MR) is 120 cm³/mol. The molecular weight excluding hydrogens is 438 g/mol. The van der Waals surface area contributed by atoms with Gasteiger partial charge < -0.3 is 20.2 Å². The molecule has 1 fully saturated rings. The van der Waals surface area contributed by atoms with Crippen LogP contribution < -0.4 is 0 Å². The molecule has 1 aliphatic heterocycles. The van der Waals surface area contributed by atoms with Crippen molar-refractivity contribution in [1.29, 1.82) is 0 Å². The van der Waals surface area contributed by atoms with Crippen molar-refractivity contribution >= 4 is 41.4 Å². The summed E-state index contributed by atoms with van der Waals surface area (Å²) in [6.45, 7) is 0. The highest BCUT2D eigenvalue weighted by atomic mass is 32.2. The largest absolute Gasteiger partial charge is 0.508 e. The molecule has 0 radical (unpaired) electrons. The molecule has 2 aromatic rings. The van der Waals surface area contributed by atoms with Gasteiger partial charge in [0.25, 0.3) is 0 Å². The van der Waals surface area contributed by atoms with Crippen LogP contribution in [0.2, 0.25) is 0 Å². The molecule has 0 aliphatic carbocycles. The molecule has 0 spiro atoms. The molecule has 31 heavy (non-hydrogen) atoms. The van der Waals surface area contributed by atoms with Crippen molar-refractivity contribution in [3.8, 4) is 5.75 Å². The van der Waals surface area contributed by atoms with Crippen LogP contribution >= 0.6 is 23.5 Å². The number of phenols is 1. The third-order valence-corrected chi connectivity index (χ3v) is 7.56. The number of aryl methyl sites for hydroxylation is 1. The number of nitrogens with zero attached hydrogens (tertiary/aromatic N) is 1. The van der Waals surface area contributed by atoms with Crippen molar-refractivity contribution in [1.82, 2.24) is 4.90 Å². The highest BCUT2D eigenvalue weighted by Crippen LogP contribution is 2.44. The van der Waals surface area contributed by atoms with Crippen LogP contribution in [-0.4, -0.2) is 60.9 Å². The molecule has 3 N–H and O–H groups in total. The Bertz CT molecular complexity index is 939. The van der Waals surface area contributed by atoms with Gasteiger partial charge in [0.2, 0.25) is 5.91 Å². The van der Waals surface area contributed by atoms with Gasteiger partial charge in [0.15, 0.2) is 0 Å². The van der Waals surface area contributed by atoms with E-state index < -0.39 is 34.5 Å². The van der Waals surface area contributed by atoms with E-state index >= 15 is 0 Å². The van der Waals surface area contributed by atoms with Gasteiger partial charge in [-0.15, -0.1) is 23.5 Å². The number of amides is 1. The molecular formula is C22H23NO6S2. The molecule has 0 saturated carbocycles. The quantitative estimate of drug-likeness (QED) is 0.521. The maximum absolute atomic E-state index is 13.0. The van der Waals surface area contributed by atoms with E-state index in [1.165, 1.54) is 22.7 Å². The lowest BCUT2D eigenvalue weighted by atomic mass is 10.1. The lowest BCUT2D eigenvalue weighted by molar-refractivity contribution is -0.148. The first kappa shape index (κ1) is 23.0. The number of hydrogen-bond donors (Lipinski definition) is 3. The van der Waals surface area contributed by atoms with E-state index in [1.807, 2.05) is 30.3 Å². The Morgan fingerprint density at radius 1 is 1.06 bits per heavy atom. The molecule has 1 saturated heterocycles. The van der Waals surface area contributed by atoms with Crippen LogP contribution in [0.4, 0.5) is 0 Å². The fourth-order valence-corrected chi connectivity index (χ4v) is 5.80. The van der Waals surface area contributed by atoms with Crippen LogP contribution in [0.15, 0.2) is 54.6 Å². The van der Waals surface area contributed by atoms with Crippen LogP contribution in [-0.2, 0) is 20.8 Å². The predicted octanol–water partition coefficient (Wildman–Crippen LogP) is 3.24. The average Bonchev–Trinajstić information content (AvgIpc) is 3.19. The second kappa shape index (κ2) is 10.6. The second-order valence-corrected chi connectivity index (χ2v) is 9.37. The number of phenolic OH excluding ortho intramolecular Hbond substituents is 1. The van der Waals surface area contributed by atoms with Crippen molar-refractivity contribution < 1.29 is 29.7 Å². The Morgan fingerprint density at radius 3 is 2.39 bits per heavy atom. The molecule has 164 valence electrons. The van der Waals surface area contributed by atoms with Gasteiger partial charge in [0.1, 0.15) is 22.4 Å². The molecule has 0 bridgehead atoms. The summed E-state index contributed by atoms with van der Waals surface area (Å²) in [6, 6.07) is 15.0. The fraction of sp³-hybridized carbons (Fsp3) is 0.318. The zero-order valence-electron chi connectivity index (χ0n) is 16.6. The van der Waals surface area contributed by atoms with E-state index in [4.69, 9.17) is 0 Å². The average molecular weight is 462 g/mol. The molecule has 1 heterocycles. The van der Waals surface area contributed by atoms with E-state index in [1.54, 1.807) is 18.2 Å². The van der Waals surface area contributed by atoms with Gasteiger partial charge in [-0.05, 0) is 24.5 Å². The number of hydrogen-bond acceptors (Lipinski definition) is 6. The fourth-order valence-electron chi connectivity index (χ4n) is 3.40. The van der Waals surface area contributed by atoms with Crippen LogP contribution in [0.3, 0.4) is 0 Å². The van der Waals surface area contributed by atoms with Gasteiger partial charge in [0, 0.05) is 11.3 Å². The maximum Gasteiger partial charge on any atom is 0.327 e. The van der Waals surface area contributed by atoms with Gasteiger partial charge in [-0.3, -0.25) is 9.59 Å². The molecule has 3 rings (SSSR count). The summed E-state index contributed by atoms with van der Waals surface area (Å²) in [5, 5.41) is 27.9. The van der Waals surface area contributed by atoms with Crippen LogP contribution in [0, 0.1) is 0 Å². The van der Waals surface area contributed by atoms with Gasteiger partial charge in [-0.25, -0.2) is 4.79 Å².